The summed E-state index contributed by atoms with van der Waals surface area (Å²) < 4.78 is 41.4. The molecule has 1 aliphatic rings. The molecular weight excluding hydrogens is 383 g/mol. The molecule has 1 amide bonds. The maximum absolute atomic E-state index is 12.5. The number of nitrogens with zero attached hydrogens (tertiary/aromatic N) is 2. The Bertz CT molecular complexity index is 871. The smallest absolute Gasteiger partial charge is 0.404 e. The number of carbonyl (C=O) groups is 1. The molecule has 0 spiro atoms. The van der Waals surface area contributed by atoms with Gasteiger partial charge in [-0.25, -0.2) is 4.98 Å². The van der Waals surface area contributed by atoms with Crippen LogP contribution in [0.15, 0.2) is 54.2 Å². The third kappa shape index (κ3) is 4.91. The van der Waals surface area contributed by atoms with Crippen LogP contribution in [0.1, 0.15) is 6.42 Å². The van der Waals surface area contributed by atoms with Crippen molar-refractivity contribution in [1.29, 1.82) is 0 Å². The molecule has 1 aromatic heterocycles. The van der Waals surface area contributed by atoms with Crippen molar-refractivity contribution < 1.29 is 22.7 Å². The van der Waals surface area contributed by atoms with Crippen molar-refractivity contribution in [2.75, 3.05) is 23.3 Å². The highest BCUT2D eigenvalue weighted by Crippen LogP contribution is 2.31. The first-order valence-electron chi connectivity index (χ1n) is 8.04. The average molecular weight is 398 g/mol. The van der Waals surface area contributed by atoms with Crippen LogP contribution in [0.4, 0.5) is 24.7 Å². The van der Waals surface area contributed by atoms with E-state index in [0.29, 0.717) is 35.9 Å². The summed E-state index contributed by atoms with van der Waals surface area (Å²) in [6.45, 7) is 0.927. The van der Waals surface area contributed by atoms with E-state index >= 15 is 0 Å². The lowest BCUT2D eigenvalue weighted by atomic mass is 10.1. The summed E-state index contributed by atoms with van der Waals surface area (Å²) in [6.07, 6.45) is -1.10. The van der Waals surface area contributed by atoms with E-state index in [1.165, 1.54) is 18.2 Å². The number of hydrogen-bond donors (Lipinski definition) is 1. The van der Waals surface area contributed by atoms with Crippen molar-refractivity contribution in [2.24, 2.45) is 0 Å². The minimum Gasteiger partial charge on any atom is -0.404 e. The van der Waals surface area contributed by atoms with Crippen LogP contribution >= 0.6 is 11.6 Å². The Morgan fingerprint density at radius 2 is 2.00 bits per heavy atom. The number of anilines is 2. The van der Waals surface area contributed by atoms with E-state index in [-0.39, 0.29) is 5.69 Å². The van der Waals surface area contributed by atoms with Crippen LogP contribution in [0.5, 0.6) is 5.75 Å². The molecule has 1 aliphatic heterocycles. The molecule has 27 heavy (non-hydrogen) atoms. The van der Waals surface area contributed by atoms with Crippen molar-refractivity contribution in [3.8, 4) is 5.75 Å². The van der Waals surface area contributed by atoms with E-state index in [9.17, 15) is 18.0 Å². The summed E-state index contributed by atoms with van der Waals surface area (Å²) in [7, 11) is 0. The zero-order valence-corrected chi connectivity index (χ0v) is 14.7. The molecule has 0 atom stereocenters. The molecule has 1 N–H and O–H groups in total. The first kappa shape index (κ1) is 19.0. The molecule has 0 bridgehead atoms. The van der Waals surface area contributed by atoms with Gasteiger partial charge >= 0.3 is 6.36 Å². The standard InChI is InChI=1S/C18H15ClF3N3O2/c19-13-4-3-9-23-16(13)25-10-7-12(8-11-25)17(26)24-14-5-1-2-6-15(14)27-18(20,21)22/h1-7,9H,8,10-11H2,(H,24,26). The Kier molecular flexibility index (Phi) is 5.55. The van der Waals surface area contributed by atoms with Crippen molar-refractivity contribution in [1.82, 2.24) is 4.98 Å². The second kappa shape index (κ2) is 7.87. The summed E-state index contributed by atoms with van der Waals surface area (Å²) >= 11 is 6.12. The molecule has 0 saturated heterocycles. The van der Waals surface area contributed by atoms with E-state index in [1.807, 2.05) is 4.90 Å². The second-order valence-corrected chi connectivity index (χ2v) is 6.14. The van der Waals surface area contributed by atoms with Gasteiger partial charge < -0.3 is 15.0 Å². The van der Waals surface area contributed by atoms with Gasteiger partial charge in [0.1, 0.15) is 5.82 Å². The van der Waals surface area contributed by atoms with Gasteiger partial charge in [0.2, 0.25) is 0 Å². The van der Waals surface area contributed by atoms with E-state index in [4.69, 9.17) is 11.6 Å². The molecule has 0 fully saturated rings. The van der Waals surface area contributed by atoms with Gasteiger partial charge in [-0.1, -0.05) is 29.8 Å². The number of rotatable bonds is 4. The molecule has 5 nitrogen and oxygen atoms in total. The molecule has 0 saturated carbocycles. The van der Waals surface area contributed by atoms with Gasteiger partial charge in [-0.2, -0.15) is 0 Å². The summed E-state index contributed by atoms with van der Waals surface area (Å²) in [5, 5.41) is 2.99. The highest BCUT2D eigenvalue weighted by atomic mass is 35.5. The molecule has 0 radical (unpaired) electrons. The van der Waals surface area contributed by atoms with Crippen LogP contribution in [0, 0.1) is 0 Å². The third-order valence-electron chi connectivity index (χ3n) is 3.90. The van der Waals surface area contributed by atoms with E-state index < -0.39 is 18.0 Å². The summed E-state index contributed by atoms with van der Waals surface area (Å²) in [5.41, 5.74) is 0.427. The van der Waals surface area contributed by atoms with E-state index in [1.54, 1.807) is 24.4 Å². The van der Waals surface area contributed by atoms with Gasteiger partial charge in [0.25, 0.3) is 5.91 Å². The van der Waals surface area contributed by atoms with Crippen molar-refractivity contribution in [3.63, 3.8) is 0 Å². The first-order valence-corrected chi connectivity index (χ1v) is 8.42. The van der Waals surface area contributed by atoms with Crippen LogP contribution in [0.25, 0.3) is 0 Å². The summed E-state index contributed by atoms with van der Waals surface area (Å²) in [6, 6.07) is 8.86. The minimum atomic E-state index is -4.84. The lowest BCUT2D eigenvalue weighted by Gasteiger charge is -2.27. The lowest BCUT2D eigenvalue weighted by molar-refractivity contribution is -0.274. The Hall–Kier alpha value is -2.74. The fourth-order valence-electron chi connectivity index (χ4n) is 2.66. The number of alkyl halides is 3. The fourth-order valence-corrected chi connectivity index (χ4v) is 2.91. The van der Waals surface area contributed by atoms with Gasteiger partial charge in [-0.05, 0) is 30.7 Å². The highest BCUT2D eigenvalue weighted by Gasteiger charge is 2.32. The van der Waals surface area contributed by atoms with Crippen LogP contribution in [0.2, 0.25) is 5.02 Å². The molecule has 9 heteroatoms. The zero-order valence-electron chi connectivity index (χ0n) is 14.0. The van der Waals surface area contributed by atoms with E-state index in [2.05, 4.69) is 15.0 Å². The number of halogens is 4. The predicted molar refractivity (Wildman–Crippen MR) is 95.9 cm³/mol. The van der Waals surface area contributed by atoms with Crippen LogP contribution < -0.4 is 15.0 Å². The number of amides is 1. The molecule has 3 rings (SSSR count). The highest BCUT2D eigenvalue weighted by molar-refractivity contribution is 6.32. The summed E-state index contributed by atoms with van der Waals surface area (Å²) in [4.78, 5) is 18.6. The second-order valence-electron chi connectivity index (χ2n) is 5.73. The zero-order chi connectivity index (χ0) is 19.4. The van der Waals surface area contributed by atoms with Crippen LogP contribution in [0.3, 0.4) is 0 Å². The molecule has 1 aromatic carbocycles. The van der Waals surface area contributed by atoms with Gasteiger partial charge in [0.05, 0.1) is 10.7 Å². The number of benzene rings is 1. The maximum Gasteiger partial charge on any atom is 0.573 e. The average Bonchev–Trinajstić information content (AvgIpc) is 2.63. The van der Waals surface area contributed by atoms with E-state index in [0.717, 1.165) is 6.07 Å². The monoisotopic (exact) mass is 397 g/mol. The minimum absolute atomic E-state index is 0.0454. The van der Waals surface area contributed by atoms with Crippen molar-refractivity contribution >= 4 is 29.0 Å². The number of para-hydroxylation sites is 2. The lowest BCUT2D eigenvalue weighted by Crippen LogP contribution is -2.32. The normalized spacial score (nSPS) is 14.5. The van der Waals surface area contributed by atoms with Gasteiger partial charge in [-0.15, -0.1) is 13.2 Å². The Labute approximate surface area is 158 Å². The summed E-state index contributed by atoms with van der Waals surface area (Å²) in [5.74, 6) is -0.310. The quantitative estimate of drug-likeness (QED) is 0.830. The maximum atomic E-state index is 12.5. The number of ether oxygens (including phenoxy) is 1. The molecule has 142 valence electrons. The van der Waals surface area contributed by atoms with Gasteiger partial charge in [0.15, 0.2) is 5.75 Å². The van der Waals surface area contributed by atoms with Crippen molar-refractivity contribution in [3.05, 3.63) is 59.3 Å². The third-order valence-corrected chi connectivity index (χ3v) is 4.20. The fraction of sp³-hybridized carbons (Fsp3) is 0.222. The molecule has 0 unspecified atom stereocenters. The topological polar surface area (TPSA) is 54.5 Å². The van der Waals surface area contributed by atoms with Crippen molar-refractivity contribution in [2.45, 2.75) is 12.8 Å². The van der Waals surface area contributed by atoms with Gasteiger partial charge in [0, 0.05) is 24.9 Å². The number of aromatic nitrogens is 1. The largest absolute Gasteiger partial charge is 0.573 e. The van der Waals surface area contributed by atoms with Gasteiger partial charge in [-0.3, -0.25) is 4.79 Å². The first-order chi connectivity index (χ1) is 12.8. The Balaban J connectivity index is 1.69. The number of pyridine rings is 1. The molecule has 0 aliphatic carbocycles. The Morgan fingerprint density at radius 1 is 1.22 bits per heavy atom. The van der Waals surface area contributed by atoms with Crippen LogP contribution in [-0.2, 0) is 4.79 Å². The molecule has 2 heterocycles. The number of carbonyl (C=O) groups excluding carboxylic acids is 1. The SMILES string of the molecule is O=C(Nc1ccccc1OC(F)(F)F)C1=CCN(c2ncccc2Cl)CC1. The number of hydrogen-bond acceptors (Lipinski definition) is 4. The molecule has 2 aromatic rings. The van der Waals surface area contributed by atoms with Crippen LogP contribution in [-0.4, -0.2) is 30.3 Å². The Morgan fingerprint density at radius 3 is 2.67 bits per heavy atom. The molecular formula is C18H15ClF3N3O2. The number of nitrogens with one attached hydrogen (secondary N) is 1. The predicted octanol–water partition coefficient (Wildman–Crippen LogP) is 4.41.